The number of ether oxygens (including phenoxy) is 1. The number of pyridine rings is 1. The smallest absolute Gasteiger partial charge is 0.221 e. The van der Waals surface area contributed by atoms with Gasteiger partial charge in [-0.05, 0) is 12.1 Å². The van der Waals surface area contributed by atoms with Gasteiger partial charge in [-0.3, -0.25) is 15.4 Å². The van der Waals surface area contributed by atoms with Crippen LogP contribution < -0.4 is 11.6 Å². The minimum Gasteiger partial charge on any atom is -0.393 e. The first-order valence-electron chi connectivity index (χ1n) is 6.44. The SMILES string of the molecule is N=C(C(C=Nc1cccnc1)=C(N)ON)N1CCOCC1. The van der Waals surface area contributed by atoms with Gasteiger partial charge in [-0.2, -0.15) is 5.90 Å². The van der Waals surface area contributed by atoms with Crippen molar-refractivity contribution in [3.8, 4) is 0 Å². The number of nitrogens with zero attached hydrogens (tertiary/aromatic N) is 3. The summed E-state index contributed by atoms with van der Waals surface area (Å²) in [4.78, 5) is 14.6. The number of aromatic nitrogens is 1. The van der Waals surface area contributed by atoms with Crippen molar-refractivity contribution in [1.82, 2.24) is 9.88 Å². The third-order valence-corrected chi connectivity index (χ3v) is 2.96. The predicted molar refractivity (Wildman–Crippen MR) is 79.0 cm³/mol. The molecule has 0 aromatic carbocycles. The zero-order valence-electron chi connectivity index (χ0n) is 11.5. The zero-order chi connectivity index (χ0) is 15.1. The topological polar surface area (TPSA) is 123 Å². The van der Waals surface area contributed by atoms with Crippen molar-refractivity contribution >= 4 is 17.7 Å². The quantitative estimate of drug-likeness (QED) is 0.314. The van der Waals surface area contributed by atoms with Gasteiger partial charge < -0.3 is 20.2 Å². The number of nitrogens with one attached hydrogen (secondary N) is 1. The summed E-state index contributed by atoms with van der Waals surface area (Å²) in [5.41, 5.74) is 6.69. The molecule has 1 saturated heterocycles. The Kier molecular flexibility index (Phi) is 5.24. The Hall–Kier alpha value is -2.45. The molecule has 1 aromatic rings. The fourth-order valence-electron chi connectivity index (χ4n) is 1.83. The lowest BCUT2D eigenvalue weighted by molar-refractivity contribution is 0.0678. The Bertz CT molecular complexity index is 537. The van der Waals surface area contributed by atoms with Gasteiger partial charge in [0.05, 0.1) is 30.7 Å². The summed E-state index contributed by atoms with van der Waals surface area (Å²) in [6.07, 6.45) is 4.71. The largest absolute Gasteiger partial charge is 0.393 e. The first-order chi connectivity index (χ1) is 10.2. The van der Waals surface area contributed by atoms with Gasteiger partial charge in [0.1, 0.15) is 5.84 Å². The molecule has 112 valence electrons. The van der Waals surface area contributed by atoms with Gasteiger partial charge in [0.25, 0.3) is 0 Å². The van der Waals surface area contributed by atoms with Crippen LogP contribution in [-0.4, -0.2) is 48.2 Å². The maximum Gasteiger partial charge on any atom is 0.221 e. The minimum atomic E-state index is -0.0564. The van der Waals surface area contributed by atoms with Crippen LogP contribution in [0.5, 0.6) is 0 Å². The Labute approximate surface area is 122 Å². The van der Waals surface area contributed by atoms with Crippen LogP contribution in [0.3, 0.4) is 0 Å². The van der Waals surface area contributed by atoms with E-state index in [1.807, 2.05) is 4.90 Å². The molecule has 0 aliphatic carbocycles. The van der Waals surface area contributed by atoms with Crippen molar-refractivity contribution in [2.75, 3.05) is 26.3 Å². The van der Waals surface area contributed by atoms with Crippen molar-refractivity contribution in [3.63, 3.8) is 0 Å². The van der Waals surface area contributed by atoms with Crippen molar-refractivity contribution in [3.05, 3.63) is 36.0 Å². The number of rotatable bonds is 4. The molecule has 2 heterocycles. The van der Waals surface area contributed by atoms with Gasteiger partial charge in [0.2, 0.25) is 5.88 Å². The molecule has 8 heteroatoms. The average Bonchev–Trinajstić information content (AvgIpc) is 2.56. The molecule has 5 N–H and O–H groups in total. The van der Waals surface area contributed by atoms with E-state index >= 15 is 0 Å². The summed E-state index contributed by atoms with van der Waals surface area (Å²) in [5.74, 6) is 5.26. The minimum absolute atomic E-state index is 0.0564. The highest BCUT2D eigenvalue weighted by Gasteiger charge is 2.19. The third kappa shape index (κ3) is 4.01. The number of nitrogens with two attached hydrogens (primary N) is 2. The summed E-state index contributed by atoms with van der Waals surface area (Å²) in [6, 6.07) is 3.56. The van der Waals surface area contributed by atoms with E-state index in [0.29, 0.717) is 37.6 Å². The van der Waals surface area contributed by atoms with Crippen LogP contribution in [0.15, 0.2) is 41.0 Å². The highest BCUT2D eigenvalue weighted by Crippen LogP contribution is 2.11. The van der Waals surface area contributed by atoms with Crippen LogP contribution in [0, 0.1) is 5.41 Å². The lowest BCUT2D eigenvalue weighted by Crippen LogP contribution is -2.42. The molecule has 0 amide bonds. The van der Waals surface area contributed by atoms with Gasteiger partial charge in [0.15, 0.2) is 0 Å². The Morgan fingerprint density at radius 2 is 2.24 bits per heavy atom. The third-order valence-electron chi connectivity index (χ3n) is 2.96. The molecule has 0 spiro atoms. The molecule has 0 atom stereocenters. The monoisotopic (exact) mass is 290 g/mol. The maximum atomic E-state index is 8.23. The fraction of sp³-hybridized carbons (Fsp3) is 0.308. The maximum absolute atomic E-state index is 8.23. The van der Waals surface area contributed by atoms with Crippen LogP contribution in [0.1, 0.15) is 0 Å². The van der Waals surface area contributed by atoms with Gasteiger partial charge >= 0.3 is 0 Å². The summed E-state index contributed by atoms with van der Waals surface area (Å²) >= 11 is 0. The summed E-state index contributed by atoms with van der Waals surface area (Å²) in [5, 5.41) is 8.23. The number of aliphatic imine (C=N–C) groups is 1. The van der Waals surface area contributed by atoms with E-state index in [0.717, 1.165) is 0 Å². The molecule has 1 aliphatic heterocycles. The summed E-state index contributed by atoms with van der Waals surface area (Å²) < 4.78 is 5.26. The first-order valence-corrected chi connectivity index (χ1v) is 6.44. The van der Waals surface area contributed by atoms with Crippen molar-refractivity contribution < 1.29 is 9.57 Å². The van der Waals surface area contributed by atoms with E-state index in [9.17, 15) is 0 Å². The molecule has 0 bridgehead atoms. The molecular weight excluding hydrogens is 272 g/mol. The van der Waals surface area contributed by atoms with Crippen molar-refractivity contribution in [1.29, 1.82) is 5.41 Å². The second-order valence-electron chi connectivity index (χ2n) is 4.31. The molecule has 0 saturated carbocycles. The van der Waals surface area contributed by atoms with E-state index < -0.39 is 0 Å². The fourth-order valence-corrected chi connectivity index (χ4v) is 1.83. The average molecular weight is 290 g/mol. The number of morpholine rings is 1. The Morgan fingerprint density at radius 1 is 1.48 bits per heavy atom. The highest BCUT2D eigenvalue weighted by molar-refractivity contribution is 6.14. The van der Waals surface area contributed by atoms with E-state index in [2.05, 4.69) is 14.8 Å². The standard InChI is InChI=1S/C13H18N6O2/c14-12(19-4-6-20-7-5-19)11(13(15)21-16)9-18-10-2-1-3-17-8-10/h1-3,8-9,14H,4-7,15-16H2. The van der Waals surface area contributed by atoms with E-state index in [4.69, 9.17) is 21.8 Å². The lowest BCUT2D eigenvalue weighted by Gasteiger charge is -2.29. The highest BCUT2D eigenvalue weighted by atomic mass is 16.6. The first kappa shape index (κ1) is 14.9. The molecule has 1 aliphatic rings. The molecule has 0 radical (unpaired) electrons. The molecule has 21 heavy (non-hydrogen) atoms. The molecule has 2 rings (SSSR count). The molecule has 8 nitrogen and oxygen atoms in total. The molecule has 1 aromatic heterocycles. The second kappa shape index (κ2) is 7.36. The zero-order valence-corrected chi connectivity index (χ0v) is 11.5. The Morgan fingerprint density at radius 3 is 2.86 bits per heavy atom. The van der Waals surface area contributed by atoms with Crippen LogP contribution >= 0.6 is 0 Å². The van der Waals surface area contributed by atoms with Crippen LogP contribution in [0.2, 0.25) is 0 Å². The van der Waals surface area contributed by atoms with Gasteiger partial charge in [-0.25, -0.2) is 0 Å². The number of amidine groups is 1. The number of hydrogen-bond acceptors (Lipinski definition) is 7. The molecule has 0 unspecified atom stereocenters. The van der Waals surface area contributed by atoms with Crippen molar-refractivity contribution in [2.24, 2.45) is 16.6 Å². The lowest BCUT2D eigenvalue weighted by atomic mass is 10.2. The van der Waals surface area contributed by atoms with Gasteiger partial charge in [-0.15, -0.1) is 0 Å². The molecular formula is C13H18N6O2. The second-order valence-corrected chi connectivity index (χ2v) is 4.31. The van der Waals surface area contributed by atoms with Crippen molar-refractivity contribution in [2.45, 2.75) is 0 Å². The molecule has 1 fully saturated rings. The summed E-state index contributed by atoms with van der Waals surface area (Å²) in [6.45, 7) is 2.36. The Balaban J connectivity index is 2.19. The van der Waals surface area contributed by atoms with E-state index in [1.165, 1.54) is 6.21 Å². The van der Waals surface area contributed by atoms with Gasteiger partial charge in [0, 0.05) is 25.5 Å². The number of hydrogen-bond donors (Lipinski definition) is 3. The summed E-state index contributed by atoms with van der Waals surface area (Å²) in [7, 11) is 0. The normalized spacial score (nSPS) is 16.7. The van der Waals surface area contributed by atoms with E-state index in [1.54, 1.807) is 24.5 Å². The predicted octanol–water partition coefficient (Wildman–Crippen LogP) is 0.154. The van der Waals surface area contributed by atoms with E-state index in [-0.39, 0.29) is 11.7 Å². The van der Waals surface area contributed by atoms with Gasteiger partial charge in [-0.1, -0.05) is 0 Å². The van der Waals surface area contributed by atoms with Crippen LogP contribution in [0.25, 0.3) is 0 Å². The van der Waals surface area contributed by atoms with Crippen LogP contribution in [0.4, 0.5) is 5.69 Å². The van der Waals surface area contributed by atoms with Crippen LogP contribution in [-0.2, 0) is 9.57 Å².